The Kier molecular flexibility index (Phi) is 3.12. The summed E-state index contributed by atoms with van der Waals surface area (Å²) >= 11 is 0. The third-order valence-electron chi connectivity index (χ3n) is 3.58. The van der Waals surface area contributed by atoms with Crippen LogP contribution in [0, 0.1) is 0 Å². The Hall–Kier alpha value is -0.750. The first-order valence-corrected chi connectivity index (χ1v) is 5.61. The zero-order chi connectivity index (χ0) is 12.7. The second-order valence-electron chi connectivity index (χ2n) is 4.57. The second-order valence-corrected chi connectivity index (χ2v) is 4.57. The van der Waals surface area contributed by atoms with Crippen LogP contribution in [0.5, 0.6) is 0 Å². The van der Waals surface area contributed by atoms with Crippen molar-refractivity contribution in [2.75, 3.05) is 14.2 Å². The lowest BCUT2D eigenvalue weighted by atomic mass is 9.96. The van der Waals surface area contributed by atoms with Crippen molar-refractivity contribution in [2.45, 2.75) is 44.1 Å². The predicted molar refractivity (Wildman–Crippen MR) is 59.3 cm³/mol. The molecule has 4 atom stereocenters. The average Bonchev–Trinajstić information content (AvgIpc) is 2.31. The summed E-state index contributed by atoms with van der Waals surface area (Å²) in [6.45, 7) is 3.51. The number of ketones is 1. The molecule has 0 aromatic heterocycles. The zero-order valence-corrected chi connectivity index (χ0v) is 10.6. The zero-order valence-electron chi connectivity index (χ0n) is 10.6. The number of hydrogen-bond donors (Lipinski definition) is 0. The van der Waals surface area contributed by atoms with E-state index in [2.05, 4.69) is 0 Å². The molecule has 2 rings (SSSR count). The Balaban J connectivity index is 2.29. The summed E-state index contributed by atoms with van der Waals surface area (Å²) < 4.78 is 22.5. The van der Waals surface area contributed by atoms with E-state index in [9.17, 15) is 4.79 Å². The number of methoxy groups -OCH3 is 2. The third-order valence-corrected chi connectivity index (χ3v) is 3.58. The number of rotatable bonds is 2. The molecule has 0 spiro atoms. The maximum Gasteiger partial charge on any atom is 0.220 e. The number of hydrogen-bond acceptors (Lipinski definition) is 5. The van der Waals surface area contributed by atoms with E-state index < -0.39 is 11.6 Å². The molecule has 17 heavy (non-hydrogen) atoms. The molecule has 1 heterocycles. The van der Waals surface area contributed by atoms with Crippen LogP contribution in [0.25, 0.3) is 0 Å². The fourth-order valence-electron chi connectivity index (χ4n) is 2.16. The van der Waals surface area contributed by atoms with Crippen LogP contribution in [0.4, 0.5) is 0 Å². The third kappa shape index (κ3) is 1.93. The average molecular weight is 242 g/mol. The van der Waals surface area contributed by atoms with Gasteiger partial charge in [0.15, 0.2) is 5.78 Å². The van der Waals surface area contributed by atoms with E-state index in [0.29, 0.717) is 6.42 Å². The van der Waals surface area contributed by atoms with Gasteiger partial charge in [-0.05, 0) is 26.0 Å². The highest BCUT2D eigenvalue weighted by atomic mass is 16.8. The van der Waals surface area contributed by atoms with Crippen molar-refractivity contribution >= 4 is 5.78 Å². The van der Waals surface area contributed by atoms with E-state index in [1.165, 1.54) is 13.2 Å². The van der Waals surface area contributed by atoms with Crippen LogP contribution in [-0.2, 0) is 23.7 Å². The van der Waals surface area contributed by atoms with Crippen LogP contribution >= 0.6 is 0 Å². The first-order chi connectivity index (χ1) is 7.94. The van der Waals surface area contributed by atoms with Gasteiger partial charge in [0.2, 0.25) is 11.6 Å². The minimum atomic E-state index is -1.03. The molecular formula is C12H18O5. The Bertz CT molecular complexity index is 353. The topological polar surface area (TPSA) is 54.0 Å². The summed E-state index contributed by atoms with van der Waals surface area (Å²) in [6.07, 6.45) is 2.94. The lowest BCUT2D eigenvalue weighted by Gasteiger charge is -2.52. The van der Waals surface area contributed by atoms with E-state index in [1.807, 2.05) is 0 Å². The lowest BCUT2D eigenvalue weighted by Crippen LogP contribution is -2.65. The van der Waals surface area contributed by atoms with Crippen LogP contribution < -0.4 is 0 Å². The maximum atomic E-state index is 11.4. The monoisotopic (exact) mass is 242 g/mol. The summed E-state index contributed by atoms with van der Waals surface area (Å²) in [7, 11) is 3.07. The van der Waals surface area contributed by atoms with Crippen LogP contribution in [-0.4, -0.2) is 43.8 Å². The molecule has 0 N–H and O–H groups in total. The summed E-state index contributed by atoms with van der Waals surface area (Å²) in [4.78, 5) is 11.4. The second kappa shape index (κ2) is 4.17. The van der Waals surface area contributed by atoms with Crippen molar-refractivity contribution < 1.29 is 23.7 Å². The van der Waals surface area contributed by atoms with Gasteiger partial charge in [-0.25, -0.2) is 0 Å². The SMILES string of the molecule is CO[C@@]1(C)O[C@@H]2C=CC(=O)C[C@H]2O[C@]1(C)OC. The molecule has 0 bridgehead atoms. The van der Waals surface area contributed by atoms with Crippen molar-refractivity contribution in [2.24, 2.45) is 0 Å². The predicted octanol–water partition coefficient (Wildman–Crippen LogP) is 1.02. The largest absolute Gasteiger partial charge is 0.349 e. The first-order valence-electron chi connectivity index (χ1n) is 5.61. The van der Waals surface area contributed by atoms with Crippen molar-refractivity contribution in [3.63, 3.8) is 0 Å². The number of ether oxygens (including phenoxy) is 4. The van der Waals surface area contributed by atoms with Gasteiger partial charge in [0, 0.05) is 20.6 Å². The molecular weight excluding hydrogens is 224 g/mol. The van der Waals surface area contributed by atoms with Gasteiger partial charge >= 0.3 is 0 Å². The smallest absolute Gasteiger partial charge is 0.220 e. The van der Waals surface area contributed by atoms with Gasteiger partial charge in [-0.2, -0.15) is 0 Å². The molecule has 0 aromatic rings. The Labute approximate surface area is 101 Å². The maximum absolute atomic E-state index is 11.4. The Morgan fingerprint density at radius 1 is 1.24 bits per heavy atom. The van der Waals surface area contributed by atoms with Crippen LogP contribution in [0.15, 0.2) is 12.2 Å². The highest BCUT2D eigenvalue weighted by Gasteiger charge is 2.56. The molecule has 0 radical (unpaired) electrons. The van der Waals surface area contributed by atoms with E-state index in [0.717, 1.165) is 0 Å². The molecule has 0 amide bonds. The van der Waals surface area contributed by atoms with E-state index >= 15 is 0 Å². The molecule has 0 saturated carbocycles. The highest BCUT2D eigenvalue weighted by molar-refractivity contribution is 5.91. The molecule has 1 fully saturated rings. The quantitative estimate of drug-likeness (QED) is 0.723. The van der Waals surface area contributed by atoms with Crippen LogP contribution in [0.2, 0.25) is 0 Å². The Morgan fingerprint density at radius 2 is 1.82 bits per heavy atom. The van der Waals surface area contributed by atoms with Crippen LogP contribution in [0.1, 0.15) is 20.3 Å². The van der Waals surface area contributed by atoms with Gasteiger partial charge in [0.25, 0.3) is 0 Å². The molecule has 1 aliphatic carbocycles. The molecule has 5 nitrogen and oxygen atoms in total. The lowest BCUT2D eigenvalue weighted by molar-refractivity contribution is -0.442. The van der Waals surface area contributed by atoms with Gasteiger partial charge in [-0.15, -0.1) is 0 Å². The van der Waals surface area contributed by atoms with E-state index in [-0.39, 0.29) is 18.0 Å². The van der Waals surface area contributed by atoms with E-state index in [1.54, 1.807) is 27.0 Å². The summed E-state index contributed by atoms with van der Waals surface area (Å²) in [5.74, 6) is -2.00. The summed E-state index contributed by atoms with van der Waals surface area (Å²) in [5, 5.41) is 0. The minimum absolute atomic E-state index is 0.0364. The number of allylic oxidation sites excluding steroid dienone is 1. The molecule has 5 heteroatoms. The van der Waals surface area contributed by atoms with Gasteiger partial charge in [-0.3, -0.25) is 4.79 Å². The standard InChI is InChI=1S/C12H18O5/c1-11(14-3)12(2,15-4)17-10-7-8(13)5-6-9(10)16-11/h5-6,9-10H,7H2,1-4H3/t9-,10-,11+,12+/m1/s1. The van der Waals surface area contributed by atoms with Gasteiger partial charge in [0.1, 0.15) is 6.10 Å². The number of carbonyl (C=O) groups excluding carboxylic acids is 1. The van der Waals surface area contributed by atoms with Crippen molar-refractivity contribution in [1.82, 2.24) is 0 Å². The fraction of sp³-hybridized carbons (Fsp3) is 0.750. The molecule has 0 unspecified atom stereocenters. The fourth-order valence-corrected chi connectivity index (χ4v) is 2.16. The summed E-state index contributed by atoms with van der Waals surface area (Å²) in [5.41, 5.74) is 0. The normalized spacial score (nSPS) is 45.8. The summed E-state index contributed by atoms with van der Waals surface area (Å²) in [6, 6.07) is 0. The van der Waals surface area contributed by atoms with Gasteiger partial charge in [0.05, 0.1) is 6.10 Å². The minimum Gasteiger partial charge on any atom is -0.349 e. The van der Waals surface area contributed by atoms with Gasteiger partial charge in [-0.1, -0.05) is 0 Å². The van der Waals surface area contributed by atoms with Crippen molar-refractivity contribution in [3.8, 4) is 0 Å². The van der Waals surface area contributed by atoms with Crippen molar-refractivity contribution in [1.29, 1.82) is 0 Å². The Morgan fingerprint density at radius 3 is 2.41 bits per heavy atom. The molecule has 1 saturated heterocycles. The molecule has 96 valence electrons. The molecule has 0 aromatic carbocycles. The highest BCUT2D eigenvalue weighted by Crippen LogP contribution is 2.41. The van der Waals surface area contributed by atoms with Crippen molar-refractivity contribution in [3.05, 3.63) is 12.2 Å². The number of fused-ring (bicyclic) bond motifs is 1. The van der Waals surface area contributed by atoms with E-state index in [4.69, 9.17) is 18.9 Å². The van der Waals surface area contributed by atoms with Crippen LogP contribution in [0.3, 0.4) is 0 Å². The first kappa shape index (κ1) is 12.7. The van der Waals surface area contributed by atoms with Gasteiger partial charge < -0.3 is 18.9 Å². The number of carbonyl (C=O) groups is 1. The molecule has 2 aliphatic rings. The molecule has 1 aliphatic heterocycles.